The summed E-state index contributed by atoms with van der Waals surface area (Å²) in [7, 11) is 4.17. The molecule has 116 valence electrons. The summed E-state index contributed by atoms with van der Waals surface area (Å²) >= 11 is 0. The molecule has 1 aliphatic rings. The van der Waals surface area contributed by atoms with Gasteiger partial charge in [0.15, 0.2) is 0 Å². The third-order valence-electron chi connectivity index (χ3n) is 4.46. The zero-order chi connectivity index (χ0) is 15.8. The number of hydrogen-bond donors (Lipinski definition) is 0. The van der Waals surface area contributed by atoms with Crippen molar-refractivity contribution in [3.05, 3.63) is 34.9 Å². The number of nitrogens with zero attached hydrogens (tertiary/aromatic N) is 2. The number of carbonyl (C=O) groups excluding carboxylic acids is 1. The molecule has 0 bridgehead atoms. The van der Waals surface area contributed by atoms with Crippen LogP contribution in [0.15, 0.2) is 18.2 Å². The minimum absolute atomic E-state index is 0.120. The molecule has 0 unspecified atom stereocenters. The maximum absolute atomic E-state index is 12.6. The molecule has 0 radical (unpaired) electrons. The summed E-state index contributed by atoms with van der Waals surface area (Å²) in [5.41, 5.74) is 3.46. The summed E-state index contributed by atoms with van der Waals surface area (Å²) in [6.07, 6.45) is 1.07. The number of aryl methyl sites for hydroxylation is 1. The molecule has 2 rings (SSSR count). The van der Waals surface area contributed by atoms with Gasteiger partial charge in [0.2, 0.25) is 0 Å². The summed E-state index contributed by atoms with van der Waals surface area (Å²) < 4.78 is 0. The van der Waals surface area contributed by atoms with Crippen LogP contribution in [0.5, 0.6) is 0 Å². The van der Waals surface area contributed by atoms with Gasteiger partial charge in [-0.1, -0.05) is 26.8 Å². The van der Waals surface area contributed by atoms with Gasteiger partial charge in [0.25, 0.3) is 5.91 Å². The molecule has 3 heteroatoms. The van der Waals surface area contributed by atoms with Crippen molar-refractivity contribution in [3.8, 4) is 0 Å². The van der Waals surface area contributed by atoms with Gasteiger partial charge in [0, 0.05) is 24.7 Å². The Kier molecular flexibility index (Phi) is 4.43. The molecule has 1 aliphatic heterocycles. The lowest BCUT2D eigenvalue weighted by atomic mass is 9.83. The lowest BCUT2D eigenvalue weighted by Gasteiger charge is -2.23. The highest BCUT2D eigenvalue weighted by Crippen LogP contribution is 2.27. The lowest BCUT2D eigenvalue weighted by molar-refractivity contribution is 0.0783. The van der Waals surface area contributed by atoms with Gasteiger partial charge in [0.1, 0.15) is 0 Å². The summed E-state index contributed by atoms with van der Waals surface area (Å²) in [6.45, 7) is 10.4. The van der Waals surface area contributed by atoms with E-state index in [0.717, 1.165) is 25.1 Å². The van der Waals surface area contributed by atoms with Gasteiger partial charge in [-0.15, -0.1) is 0 Å². The third kappa shape index (κ3) is 3.46. The third-order valence-corrected chi connectivity index (χ3v) is 4.46. The van der Waals surface area contributed by atoms with Gasteiger partial charge < -0.3 is 9.80 Å². The smallest absolute Gasteiger partial charge is 0.253 e. The first-order valence-corrected chi connectivity index (χ1v) is 7.77. The molecular formula is C18H28N2O. The Morgan fingerprint density at radius 2 is 1.95 bits per heavy atom. The Balaban J connectivity index is 2.16. The van der Waals surface area contributed by atoms with Crippen molar-refractivity contribution in [2.24, 2.45) is 0 Å². The van der Waals surface area contributed by atoms with Crippen LogP contribution in [0.1, 0.15) is 48.7 Å². The van der Waals surface area contributed by atoms with Crippen molar-refractivity contribution in [1.29, 1.82) is 0 Å². The molecular weight excluding hydrogens is 260 g/mol. The molecule has 1 atom stereocenters. The summed E-state index contributed by atoms with van der Waals surface area (Å²) in [5.74, 6) is 0.169. The van der Waals surface area contributed by atoms with Crippen molar-refractivity contribution in [2.45, 2.75) is 45.6 Å². The average molecular weight is 288 g/mol. The molecule has 0 saturated carbocycles. The molecule has 1 aromatic rings. The predicted octanol–water partition coefficient (Wildman–Crippen LogP) is 3.07. The fourth-order valence-electron chi connectivity index (χ4n) is 3.17. The zero-order valence-corrected chi connectivity index (χ0v) is 14.2. The SMILES string of the molecule is Cc1cc(C(=O)N2CC[C@H](N(C)C)C2)ccc1C(C)(C)C. The second kappa shape index (κ2) is 5.80. The molecule has 1 amide bonds. The van der Waals surface area contributed by atoms with E-state index in [9.17, 15) is 4.79 Å². The van der Waals surface area contributed by atoms with E-state index in [2.05, 4.69) is 52.8 Å². The Hall–Kier alpha value is -1.35. The first-order chi connectivity index (χ1) is 9.70. The standard InChI is InChI=1S/C18H28N2O/c1-13-11-14(7-8-16(13)18(2,3)4)17(21)20-10-9-15(12-20)19(5)6/h7-8,11,15H,9-10,12H2,1-6H3/t15-/m0/s1. The molecule has 21 heavy (non-hydrogen) atoms. The maximum Gasteiger partial charge on any atom is 0.253 e. The normalized spacial score (nSPS) is 19.4. The van der Waals surface area contributed by atoms with E-state index in [4.69, 9.17) is 0 Å². The van der Waals surface area contributed by atoms with Gasteiger partial charge in [-0.25, -0.2) is 0 Å². The highest BCUT2D eigenvalue weighted by atomic mass is 16.2. The van der Waals surface area contributed by atoms with Crippen LogP contribution in [0.25, 0.3) is 0 Å². The fourth-order valence-corrected chi connectivity index (χ4v) is 3.17. The van der Waals surface area contributed by atoms with Crippen LogP contribution in [-0.2, 0) is 5.41 Å². The van der Waals surface area contributed by atoms with Crippen LogP contribution in [0.3, 0.4) is 0 Å². The van der Waals surface area contributed by atoms with Crippen LogP contribution in [0.4, 0.5) is 0 Å². The van der Waals surface area contributed by atoms with Crippen LogP contribution in [-0.4, -0.2) is 48.9 Å². The lowest BCUT2D eigenvalue weighted by Crippen LogP contribution is -2.34. The molecule has 1 aromatic carbocycles. The van der Waals surface area contributed by atoms with Crippen molar-refractivity contribution in [1.82, 2.24) is 9.80 Å². The number of rotatable bonds is 2. The largest absolute Gasteiger partial charge is 0.337 e. The molecule has 0 aromatic heterocycles. The molecule has 0 N–H and O–H groups in total. The van der Waals surface area contributed by atoms with E-state index in [1.54, 1.807) is 0 Å². The molecule has 0 spiro atoms. The van der Waals surface area contributed by atoms with E-state index in [0.29, 0.717) is 6.04 Å². The fraction of sp³-hybridized carbons (Fsp3) is 0.611. The van der Waals surface area contributed by atoms with Crippen LogP contribution in [0.2, 0.25) is 0 Å². The van der Waals surface area contributed by atoms with Crippen LogP contribution < -0.4 is 0 Å². The number of carbonyl (C=O) groups is 1. The van der Waals surface area contributed by atoms with E-state index in [1.807, 2.05) is 17.0 Å². The second-order valence-electron chi connectivity index (χ2n) is 7.44. The van der Waals surface area contributed by atoms with Crippen molar-refractivity contribution < 1.29 is 4.79 Å². The first kappa shape index (κ1) is 16.0. The van der Waals surface area contributed by atoms with Gasteiger partial charge in [0.05, 0.1) is 0 Å². The molecule has 1 fully saturated rings. The minimum Gasteiger partial charge on any atom is -0.337 e. The molecule has 0 aliphatic carbocycles. The highest BCUT2D eigenvalue weighted by molar-refractivity contribution is 5.94. The monoisotopic (exact) mass is 288 g/mol. The van der Waals surface area contributed by atoms with Gasteiger partial charge in [-0.05, 0) is 56.1 Å². The Labute approximate surface area is 128 Å². The minimum atomic E-state index is 0.120. The van der Waals surface area contributed by atoms with Crippen molar-refractivity contribution >= 4 is 5.91 Å². The van der Waals surface area contributed by atoms with E-state index in [1.165, 1.54) is 11.1 Å². The van der Waals surface area contributed by atoms with Crippen LogP contribution in [0, 0.1) is 6.92 Å². The number of amides is 1. The zero-order valence-electron chi connectivity index (χ0n) is 14.2. The summed E-state index contributed by atoms with van der Waals surface area (Å²) in [4.78, 5) is 16.8. The van der Waals surface area contributed by atoms with Crippen molar-refractivity contribution in [3.63, 3.8) is 0 Å². The number of likely N-dealkylation sites (tertiary alicyclic amines) is 1. The number of likely N-dealkylation sites (N-methyl/N-ethyl adjacent to an activating group) is 1. The number of benzene rings is 1. The molecule has 3 nitrogen and oxygen atoms in total. The van der Waals surface area contributed by atoms with Gasteiger partial charge in [-0.3, -0.25) is 4.79 Å². The van der Waals surface area contributed by atoms with Gasteiger partial charge in [-0.2, -0.15) is 0 Å². The summed E-state index contributed by atoms with van der Waals surface area (Å²) in [6, 6.07) is 6.64. The second-order valence-corrected chi connectivity index (χ2v) is 7.44. The van der Waals surface area contributed by atoms with E-state index in [-0.39, 0.29) is 11.3 Å². The molecule has 1 heterocycles. The average Bonchev–Trinajstić information content (AvgIpc) is 2.85. The first-order valence-electron chi connectivity index (χ1n) is 7.77. The summed E-state index contributed by atoms with van der Waals surface area (Å²) in [5, 5.41) is 0. The van der Waals surface area contributed by atoms with Gasteiger partial charge >= 0.3 is 0 Å². The Morgan fingerprint density at radius 1 is 1.29 bits per heavy atom. The van der Waals surface area contributed by atoms with Crippen molar-refractivity contribution in [2.75, 3.05) is 27.2 Å². The Morgan fingerprint density at radius 3 is 2.43 bits per heavy atom. The van der Waals surface area contributed by atoms with E-state index < -0.39 is 0 Å². The number of hydrogen-bond acceptors (Lipinski definition) is 2. The van der Waals surface area contributed by atoms with Crippen LogP contribution >= 0.6 is 0 Å². The maximum atomic E-state index is 12.6. The topological polar surface area (TPSA) is 23.6 Å². The Bertz CT molecular complexity index is 529. The predicted molar refractivity (Wildman–Crippen MR) is 87.9 cm³/mol. The quantitative estimate of drug-likeness (QED) is 0.835. The molecule has 1 saturated heterocycles. The van der Waals surface area contributed by atoms with E-state index >= 15 is 0 Å². The highest BCUT2D eigenvalue weighted by Gasteiger charge is 2.28.